The van der Waals surface area contributed by atoms with Crippen molar-refractivity contribution in [3.63, 3.8) is 0 Å². The molecule has 0 radical (unpaired) electrons. The maximum absolute atomic E-state index is 14.3. The Labute approximate surface area is 151 Å². The highest BCUT2D eigenvalue weighted by Crippen LogP contribution is 2.33. The first-order valence-corrected chi connectivity index (χ1v) is 8.80. The molecule has 26 heavy (non-hydrogen) atoms. The third-order valence-corrected chi connectivity index (χ3v) is 4.23. The highest BCUT2D eigenvalue weighted by Gasteiger charge is 2.22. The molecule has 1 saturated carbocycles. The standard InChI is InChI=1S/C20H22F2O4/c1-13(23)3-2-7-25-20-17(21)9-16(10-18(20)22)19-15(6-8-26-19)12-24-11-14-4-5-14/h6,8-10,14H,2-5,7,11-12H2,1H3. The van der Waals surface area contributed by atoms with Crippen LogP contribution in [0, 0.1) is 17.6 Å². The SMILES string of the molecule is CC(=O)CCCOc1c(F)cc(-c2occc2COCC2CC2)cc1F. The van der Waals surface area contributed by atoms with Crippen molar-refractivity contribution in [1.82, 2.24) is 0 Å². The Hall–Kier alpha value is -2.21. The lowest BCUT2D eigenvalue weighted by Crippen LogP contribution is -2.04. The topological polar surface area (TPSA) is 48.7 Å². The highest BCUT2D eigenvalue weighted by molar-refractivity contribution is 5.75. The van der Waals surface area contributed by atoms with Gasteiger partial charge in [0.1, 0.15) is 11.5 Å². The van der Waals surface area contributed by atoms with Crippen LogP contribution in [0.25, 0.3) is 11.3 Å². The Bertz CT molecular complexity index is 742. The molecule has 6 heteroatoms. The molecule has 1 heterocycles. The minimum absolute atomic E-state index is 0.0131. The van der Waals surface area contributed by atoms with Gasteiger partial charge in [-0.2, -0.15) is 0 Å². The maximum atomic E-state index is 14.3. The summed E-state index contributed by atoms with van der Waals surface area (Å²) in [5.41, 5.74) is 1.05. The van der Waals surface area contributed by atoms with Crippen LogP contribution in [0.5, 0.6) is 5.75 Å². The van der Waals surface area contributed by atoms with Gasteiger partial charge in [0.2, 0.25) is 0 Å². The van der Waals surface area contributed by atoms with Gasteiger partial charge in [-0.25, -0.2) is 8.78 Å². The number of ketones is 1. The van der Waals surface area contributed by atoms with Gasteiger partial charge in [-0.1, -0.05) is 0 Å². The Morgan fingerprint density at radius 2 is 2.00 bits per heavy atom. The van der Waals surface area contributed by atoms with E-state index in [1.807, 2.05) is 0 Å². The lowest BCUT2D eigenvalue weighted by molar-refractivity contribution is -0.117. The van der Waals surface area contributed by atoms with Crippen molar-refractivity contribution in [1.29, 1.82) is 0 Å². The first-order valence-electron chi connectivity index (χ1n) is 8.80. The summed E-state index contributed by atoms with van der Waals surface area (Å²) in [6.07, 6.45) is 4.60. The van der Waals surface area contributed by atoms with Crippen molar-refractivity contribution >= 4 is 5.78 Å². The van der Waals surface area contributed by atoms with E-state index in [-0.39, 0.29) is 12.4 Å². The molecule has 2 aromatic rings. The molecule has 4 nitrogen and oxygen atoms in total. The largest absolute Gasteiger partial charge is 0.488 e. The van der Waals surface area contributed by atoms with Gasteiger partial charge in [-0.05, 0) is 50.3 Å². The molecule has 1 aromatic carbocycles. The summed E-state index contributed by atoms with van der Waals surface area (Å²) in [6.45, 7) is 2.58. The summed E-state index contributed by atoms with van der Waals surface area (Å²) in [6, 6.07) is 4.11. The van der Waals surface area contributed by atoms with Crippen LogP contribution < -0.4 is 4.74 Å². The number of benzene rings is 1. The molecule has 1 fully saturated rings. The predicted octanol–water partition coefficient (Wildman–Crippen LogP) is 4.90. The summed E-state index contributed by atoms with van der Waals surface area (Å²) in [5, 5.41) is 0. The average molecular weight is 364 g/mol. The number of carbonyl (C=O) groups excluding carboxylic acids is 1. The number of Topliss-reactive ketones (excluding diaryl/α,β-unsaturated/α-hetero) is 1. The van der Waals surface area contributed by atoms with Crippen LogP contribution >= 0.6 is 0 Å². The molecule has 140 valence electrons. The molecular formula is C20H22F2O4. The van der Waals surface area contributed by atoms with Gasteiger partial charge in [0, 0.05) is 24.2 Å². The molecule has 0 bridgehead atoms. The van der Waals surface area contributed by atoms with Crippen LogP contribution in [0.1, 0.15) is 38.2 Å². The molecule has 1 aromatic heterocycles. The van der Waals surface area contributed by atoms with Crippen LogP contribution in [0.15, 0.2) is 28.9 Å². The minimum atomic E-state index is -0.802. The van der Waals surface area contributed by atoms with E-state index in [1.54, 1.807) is 6.07 Å². The van der Waals surface area contributed by atoms with Gasteiger partial charge in [-0.15, -0.1) is 0 Å². The molecule has 0 aliphatic heterocycles. The second-order valence-electron chi connectivity index (χ2n) is 6.66. The first kappa shape index (κ1) is 18.6. The Kier molecular flexibility index (Phi) is 6.04. The molecule has 0 N–H and O–H groups in total. The second-order valence-corrected chi connectivity index (χ2v) is 6.66. The second kappa shape index (κ2) is 8.45. The molecule has 0 saturated heterocycles. The number of ether oxygens (including phenoxy) is 2. The molecule has 0 atom stereocenters. The van der Waals surface area contributed by atoms with Gasteiger partial charge in [-0.3, -0.25) is 0 Å². The fourth-order valence-corrected chi connectivity index (χ4v) is 2.65. The van der Waals surface area contributed by atoms with E-state index in [1.165, 1.54) is 38.2 Å². The summed E-state index contributed by atoms with van der Waals surface area (Å²) in [5.74, 6) is -0.996. The van der Waals surface area contributed by atoms with Gasteiger partial charge in [0.15, 0.2) is 17.4 Å². The van der Waals surface area contributed by atoms with Gasteiger partial charge in [0.25, 0.3) is 0 Å². The fraction of sp³-hybridized carbons (Fsp3) is 0.450. The van der Waals surface area contributed by atoms with Crippen LogP contribution in [0.2, 0.25) is 0 Å². The van der Waals surface area contributed by atoms with E-state index in [0.717, 1.165) is 5.56 Å². The smallest absolute Gasteiger partial charge is 0.190 e. The van der Waals surface area contributed by atoms with Crippen molar-refractivity contribution in [2.45, 2.75) is 39.2 Å². The number of hydrogen-bond donors (Lipinski definition) is 0. The van der Waals surface area contributed by atoms with E-state index in [9.17, 15) is 13.6 Å². The number of halogens is 2. The van der Waals surface area contributed by atoms with E-state index in [4.69, 9.17) is 13.9 Å². The molecule has 1 aliphatic carbocycles. The van der Waals surface area contributed by atoms with Crippen molar-refractivity contribution in [3.8, 4) is 17.1 Å². The van der Waals surface area contributed by atoms with E-state index in [0.29, 0.717) is 43.3 Å². The quantitative estimate of drug-likeness (QED) is 0.563. The third-order valence-electron chi connectivity index (χ3n) is 4.23. The Morgan fingerprint density at radius 1 is 1.27 bits per heavy atom. The summed E-state index contributed by atoms with van der Waals surface area (Å²) >= 11 is 0. The van der Waals surface area contributed by atoms with E-state index >= 15 is 0 Å². The fourth-order valence-electron chi connectivity index (χ4n) is 2.65. The van der Waals surface area contributed by atoms with Crippen molar-refractivity contribution < 1.29 is 27.5 Å². The molecule has 0 spiro atoms. The summed E-state index contributed by atoms with van der Waals surface area (Å²) in [4.78, 5) is 10.9. The molecular weight excluding hydrogens is 342 g/mol. The number of rotatable bonds is 10. The molecule has 0 amide bonds. The summed E-state index contributed by atoms with van der Waals surface area (Å²) in [7, 11) is 0. The zero-order valence-corrected chi connectivity index (χ0v) is 14.7. The van der Waals surface area contributed by atoms with Crippen LogP contribution in [-0.4, -0.2) is 19.0 Å². The van der Waals surface area contributed by atoms with Gasteiger partial charge < -0.3 is 18.7 Å². The average Bonchev–Trinajstić information content (AvgIpc) is 3.29. The van der Waals surface area contributed by atoms with Crippen molar-refractivity contribution in [2.75, 3.05) is 13.2 Å². The Morgan fingerprint density at radius 3 is 2.65 bits per heavy atom. The monoisotopic (exact) mass is 364 g/mol. The predicted molar refractivity (Wildman–Crippen MR) is 91.9 cm³/mol. The van der Waals surface area contributed by atoms with Crippen LogP contribution in [0.4, 0.5) is 8.78 Å². The number of furan rings is 1. The number of hydrogen-bond acceptors (Lipinski definition) is 4. The van der Waals surface area contributed by atoms with Crippen LogP contribution in [0.3, 0.4) is 0 Å². The normalized spacial score (nSPS) is 13.8. The lowest BCUT2D eigenvalue weighted by atomic mass is 10.1. The van der Waals surface area contributed by atoms with Crippen LogP contribution in [-0.2, 0) is 16.1 Å². The maximum Gasteiger partial charge on any atom is 0.190 e. The third kappa shape index (κ3) is 4.91. The van der Waals surface area contributed by atoms with E-state index in [2.05, 4.69) is 0 Å². The van der Waals surface area contributed by atoms with Crippen molar-refractivity contribution in [3.05, 3.63) is 41.7 Å². The molecule has 0 unspecified atom stereocenters. The minimum Gasteiger partial charge on any atom is -0.488 e. The van der Waals surface area contributed by atoms with E-state index < -0.39 is 17.4 Å². The molecule has 3 rings (SSSR count). The first-order chi connectivity index (χ1) is 12.5. The highest BCUT2D eigenvalue weighted by atomic mass is 19.1. The zero-order chi connectivity index (χ0) is 18.5. The van der Waals surface area contributed by atoms with Crippen molar-refractivity contribution in [2.24, 2.45) is 5.92 Å². The summed E-state index contributed by atoms with van der Waals surface area (Å²) < 4.78 is 44.8. The zero-order valence-electron chi connectivity index (χ0n) is 14.7. The Balaban J connectivity index is 1.67. The van der Waals surface area contributed by atoms with Gasteiger partial charge in [0.05, 0.1) is 19.5 Å². The lowest BCUT2D eigenvalue weighted by Gasteiger charge is -2.10. The molecule has 1 aliphatic rings. The number of carbonyl (C=O) groups is 1. The van der Waals surface area contributed by atoms with Gasteiger partial charge >= 0.3 is 0 Å².